The van der Waals surface area contributed by atoms with Crippen LogP contribution in [0.4, 0.5) is 0 Å². The average Bonchev–Trinajstić information content (AvgIpc) is 2.85. The third kappa shape index (κ3) is 3.24. The Labute approximate surface area is 120 Å². The maximum Gasteiger partial charge on any atom is 0.342 e. The van der Waals surface area contributed by atoms with Crippen molar-refractivity contribution in [1.82, 2.24) is 0 Å². The van der Waals surface area contributed by atoms with Crippen molar-refractivity contribution in [2.45, 2.75) is 13.8 Å². The molecule has 0 bridgehead atoms. The standard InChI is InChI=1S/C15H14O4S/c1-9-3-5-12(16)11(7-9)15(18)19-8-13(17)14-6-4-10(2)20-14/h3-7,16H,8H2,1-2H3. The number of thiophene rings is 1. The Morgan fingerprint density at radius 3 is 2.60 bits per heavy atom. The molecule has 0 unspecified atom stereocenters. The van der Waals surface area contributed by atoms with Gasteiger partial charge in [0, 0.05) is 4.88 Å². The van der Waals surface area contributed by atoms with E-state index in [0.717, 1.165) is 10.4 Å². The van der Waals surface area contributed by atoms with Crippen LogP contribution in [0.1, 0.15) is 30.5 Å². The Morgan fingerprint density at radius 1 is 1.20 bits per heavy atom. The number of esters is 1. The number of aryl methyl sites for hydroxylation is 2. The molecule has 0 aliphatic rings. The first-order valence-corrected chi connectivity index (χ1v) is 6.85. The lowest BCUT2D eigenvalue weighted by molar-refractivity contribution is 0.0473. The molecule has 1 heterocycles. The predicted octanol–water partition coefficient (Wildman–Crippen LogP) is 3.11. The van der Waals surface area contributed by atoms with Gasteiger partial charge in [-0.15, -0.1) is 11.3 Å². The number of carbonyl (C=O) groups excluding carboxylic acids is 2. The van der Waals surface area contributed by atoms with Gasteiger partial charge < -0.3 is 9.84 Å². The highest BCUT2D eigenvalue weighted by Gasteiger charge is 2.16. The highest BCUT2D eigenvalue weighted by molar-refractivity contribution is 7.14. The van der Waals surface area contributed by atoms with E-state index in [9.17, 15) is 14.7 Å². The normalized spacial score (nSPS) is 10.3. The van der Waals surface area contributed by atoms with Crippen LogP contribution in [0.25, 0.3) is 0 Å². The van der Waals surface area contributed by atoms with Gasteiger partial charge in [0.2, 0.25) is 5.78 Å². The van der Waals surface area contributed by atoms with Crippen molar-refractivity contribution in [1.29, 1.82) is 0 Å². The SMILES string of the molecule is Cc1ccc(O)c(C(=O)OCC(=O)c2ccc(C)s2)c1. The van der Waals surface area contributed by atoms with Crippen molar-refractivity contribution in [3.05, 3.63) is 51.2 Å². The number of aromatic hydroxyl groups is 1. The average molecular weight is 290 g/mol. The number of hydrogen-bond acceptors (Lipinski definition) is 5. The fraction of sp³-hybridized carbons (Fsp3) is 0.200. The number of hydrogen-bond donors (Lipinski definition) is 1. The fourth-order valence-corrected chi connectivity index (χ4v) is 2.47. The van der Waals surface area contributed by atoms with Crippen LogP contribution in [0, 0.1) is 13.8 Å². The molecule has 0 aliphatic heterocycles. The van der Waals surface area contributed by atoms with Crippen molar-refractivity contribution in [2.75, 3.05) is 6.61 Å². The Morgan fingerprint density at radius 2 is 1.95 bits per heavy atom. The van der Waals surface area contributed by atoms with Crippen molar-refractivity contribution in [3.63, 3.8) is 0 Å². The van der Waals surface area contributed by atoms with Crippen LogP contribution < -0.4 is 0 Å². The number of phenolic OH excluding ortho intramolecular Hbond substituents is 1. The second-order valence-electron chi connectivity index (χ2n) is 4.43. The molecule has 20 heavy (non-hydrogen) atoms. The Balaban J connectivity index is 2.02. The number of carbonyl (C=O) groups is 2. The summed E-state index contributed by atoms with van der Waals surface area (Å²) in [6, 6.07) is 8.19. The summed E-state index contributed by atoms with van der Waals surface area (Å²) >= 11 is 1.36. The smallest absolute Gasteiger partial charge is 0.342 e. The molecule has 0 aliphatic carbocycles. The summed E-state index contributed by atoms with van der Waals surface area (Å²) in [5.74, 6) is -1.10. The van der Waals surface area contributed by atoms with E-state index in [4.69, 9.17) is 4.74 Å². The molecule has 2 rings (SSSR count). The van der Waals surface area contributed by atoms with E-state index < -0.39 is 5.97 Å². The molecular weight excluding hydrogens is 276 g/mol. The van der Waals surface area contributed by atoms with Crippen LogP contribution in [0.2, 0.25) is 0 Å². The highest BCUT2D eigenvalue weighted by Crippen LogP contribution is 2.20. The van der Waals surface area contributed by atoms with Gasteiger partial charge in [-0.25, -0.2) is 4.79 Å². The highest BCUT2D eigenvalue weighted by atomic mass is 32.1. The maximum absolute atomic E-state index is 11.8. The number of benzene rings is 1. The van der Waals surface area contributed by atoms with Gasteiger partial charge in [0.1, 0.15) is 11.3 Å². The van der Waals surface area contributed by atoms with Gasteiger partial charge in [-0.1, -0.05) is 11.6 Å². The van der Waals surface area contributed by atoms with Crippen molar-refractivity contribution < 1.29 is 19.4 Å². The zero-order chi connectivity index (χ0) is 14.7. The second-order valence-corrected chi connectivity index (χ2v) is 5.72. The van der Waals surface area contributed by atoms with Gasteiger partial charge >= 0.3 is 5.97 Å². The first-order chi connectivity index (χ1) is 9.47. The summed E-state index contributed by atoms with van der Waals surface area (Å²) in [4.78, 5) is 25.2. The summed E-state index contributed by atoms with van der Waals surface area (Å²) in [7, 11) is 0. The van der Waals surface area contributed by atoms with Gasteiger partial charge in [0.15, 0.2) is 6.61 Å². The molecule has 0 saturated carbocycles. The van der Waals surface area contributed by atoms with Crippen LogP contribution in [0.5, 0.6) is 5.75 Å². The van der Waals surface area contributed by atoms with E-state index in [1.165, 1.54) is 23.5 Å². The topological polar surface area (TPSA) is 63.6 Å². The van der Waals surface area contributed by atoms with E-state index in [2.05, 4.69) is 0 Å². The summed E-state index contributed by atoms with van der Waals surface area (Å²) in [5.41, 5.74) is 0.898. The fourth-order valence-electron chi connectivity index (χ4n) is 1.68. The molecule has 4 nitrogen and oxygen atoms in total. The third-order valence-electron chi connectivity index (χ3n) is 2.72. The summed E-state index contributed by atoms with van der Waals surface area (Å²) < 4.78 is 4.95. The first-order valence-electron chi connectivity index (χ1n) is 6.04. The van der Waals surface area contributed by atoms with Gasteiger partial charge in [-0.3, -0.25) is 4.79 Å². The zero-order valence-corrected chi connectivity index (χ0v) is 12.0. The quantitative estimate of drug-likeness (QED) is 0.694. The Bertz CT molecular complexity index is 658. The van der Waals surface area contributed by atoms with E-state index in [1.54, 1.807) is 19.1 Å². The molecule has 0 atom stereocenters. The van der Waals surface area contributed by atoms with Gasteiger partial charge in [-0.05, 0) is 38.1 Å². The molecule has 0 saturated heterocycles. The monoisotopic (exact) mass is 290 g/mol. The van der Waals surface area contributed by atoms with E-state index in [1.807, 2.05) is 13.0 Å². The molecule has 2 aromatic rings. The van der Waals surface area contributed by atoms with Crippen LogP contribution >= 0.6 is 11.3 Å². The van der Waals surface area contributed by atoms with Crippen LogP contribution in [-0.2, 0) is 4.74 Å². The maximum atomic E-state index is 11.8. The van der Waals surface area contributed by atoms with Crippen LogP contribution in [0.15, 0.2) is 30.3 Å². The molecule has 104 valence electrons. The van der Waals surface area contributed by atoms with E-state index in [0.29, 0.717) is 4.88 Å². The molecular formula is C15H14O4S. The van der Waals surface area contributed by atoms with Crippen molar-refractivity contribution in [2.24, 2.45) is 0 Å². The molecule has 1 aromatic heterocycles. The van der Waals surface area contributed by atoms with Gasteiger partial charge in [0.05, 0.1) is 4.88 Å². The number of Topliss-reactive ketones (excluding diaryl/α,β-unsaturated/α-hetero) is 1. The van der Waals surface area contributed by atoms with Crippen LogP contribution in [-0.4, -0.2) is 23.5 Å². The van der Waals surface area contributed by atoms with Crippen molar-refractivity contribution in [3.8, 4) is 5.75 Å². The molecule has 0 fully saturated rings. The molecule has 0 radical (unpaired) electrons. The predicted molar refractivity (Wildman–Crippen MR) is 76.5 cm³/mol. The van der Waals surface area contributed by atoms with Gasteiger partial charge in [0.25, 0.3) is 0 Å². The largest absolute Gasteiger partial charge is 0.507 e. The number of rotatable bonds is 4. The molecule has 5 heteroatoms. The number of ketones is 1. The molecule has 1 N–H and O–H groups in total. The van der Waals surface area contributed by atoms with Gasteiger partial charge in [-0.2, -0.15) is 0 Å². The summed E-state index contributed by atoms with van der Waals surface area (Å²) in [6.45, 7) is 3.38. The minimum absolute atomic E-state index is 0.0696. The minimum atomic E-state index is -0.701. The number of phenols is 1. The lowest BCUT2D eigenvalue weighted by atomic mass is 10.1. The Hall–Kier alpha value is -2.14. The second kappa shape index (κ2) is 5.88. The number of ether oxygens (including phenoxy) is 1. The van der Waals surface area contributed by atoms with E-state index >= 15 is 0 Å². The third-order valence-corrected chi connectivity index (χ3v) is 3.76. The molecule has 0 amide bonds. The Kier molecular flexibility index (Phi) is 4.20. The summed E-state index contributed by atoms with van der Waals surface area (Å²) in [5, 5.41) is 9.61. The van der Waals surface area contributed by atoms with E-state index in [-0.39, 0.29) is 23.7 Å². The minimum Gasteiger partial charge on any atom is -0.507 e. The molecule has 0 spiro atoms. The first kappa shape index (κ1) is 14.3. The molecule has 1 aromatic carbocycles. The lowest BCUT2D eigenvalue weighted by Gasteiger charge is -2.06. The lowest BCUT2D eigenvalue weighted by Crippen LogP contribution is -2.13. The zero-order valence-electron chi connectivity index (χ0n) is 11.2. The van der Waals surface area contributed by atoms with Crippen molar-refractivity contribution >= 4 is 23.1 Å². The summed E-state index contributed by atoms with van der Waals surface area (Å²) in [6.07, 6.45) is 0. The van der Waals surface area contributed by atoms with Crippen LogP contribution in [0.3, 0.4) is 0 Å².